The van der Waals surface area contributed by atoms with Gasteiger partial charge in [0.15, 0.2) is 0 Å². The van der Waals surface area contributed by atoms with Gasteiger partial charge in [-0.05, 0) is 25.8 Å². The predicted molar refractivity (Wildman–Crippen MR) is 104 cm³/mol. The van der Waals surface area contributed by atoms with Gasteiger partial charge >= 0.3 is 0 Å². The number of rotatable bonds is 6. The van der Waals surface area contributed by atoms with E-state index in [1.165, 1.54) is 0 Å². The van der Waals surface area contributed by atoms with Gasteiger partial charge in [0, 0.05) is 44.1 Å². The molecule has 0 saturated carbocycles. The minimum absolute atomic E-state index is 0.0795. The lowest BCUT2D eigenvalue weighted by molar-refractivity contribution is -0.123. The van der Waals surface area contributed by atoms with Crippen molar-refractivity contribution in [3.05, 3.63) is 12.3 Å². The van der Waals surface area contributed by atoms with Crippen LogP contribution in [0.3, 0.4) is 0 Å². The number of anilines is 2. The van der Waals surface area contributed by atoms with E-state index in [1.54, 1.807) is 0 Å². The smallest absolute Gasteiger partial charge is 0.290 e. The number of hydrogen-bond donors (Lipinski definition) is 3. The Morgan fingerprint density at radius 1 is 1.50 bits per heavy atom. The quantitative estimate of drug-likeness (QED) is 0.618. The molecule has 4 atom stereocenters. The van der Waals surface area contributed by atoms with E-state index in [2.05, 4.69) is 32.4 Å². The van der Waals surface area contributed by atoms with Gasteiger partial charge in [-0.15, -0.1) is 0 Å². The van der Waals surface area contributed by atoms with Crippen molar-refractivity contribution in [3.8, 4) is 0 Å². The molecule has 0 radical (unpaired) electrons. The van der Waals surface area contributed by atoms with Crippen LogP contribution in [0.2, 0.25) is 0 Å². The molecule has 9 heteroatoms. The number of ether oxygens (including phenoxy) is 1. The second kappa shape index (κ2) is 8.72. The van der Waals surface area contributed by atoms with Crippen LogP contribution in [0.5, 0.6) is 0 Å². The van der Waals surface area contributed by atoms with Crippen LogP contribution >= 0.6 is 0 Å². The van der Waals surface area contributed by atoms with E-state index in [9.17, 15) is 4.79 Å². The van der Waals surface area contributed by atoms with Crippen molar-refractivity contribution in [1.29, 1.82) is 0 Å². The SMILES string of the molecule is CCNc1ccnc(N2C[C@@H]3[C@H](CNC(=O)CC)[C@H]4CC[C@]3(C2)O4)n1.O=CO. The summed E-state index contributed by atoms with van der Waals surface area (Å²) in [6, 6.07) is 1.90. The Labute approximate surface area is 164 Å². The highest BCUT2D eigenvalue weighted by Crippen LogP contribution is 2.54. The average Bonchev–Trinajstić information content (AvgIpc) is 3.36. The van der Waals surface area contributed by atoms with Crippen LogP contribution < -0.4 is 15.5 Å². The molecule has 1 amide bonds. The fourth-order valence-electron chi connectivity index (χ4n) is 4.75. The molecule has 0 aromatic carbocycles. The van der Waals surface area contributed by atoms with Crippen LogP contribution in [-0.2, 0) is 14.3 Å². The van der Waals surface area contributed by atoms with Crippen LogP contribution in [0.1, 0.15) is 33.1 Å². The number of carboxylic acid groups (broad SMARTS) is 1. The molecule has 9 nitrogen and oxygen atoms in total. The first-order chi connectivity index (χ1) is 13.6. The van der Waals surface area contributed by atoms with Crippen LogP contribution in [0.4, 0.5) is 11.8 Å². The zero-order valence-corrected chi connectivity index (χ0v) is 16.4. The maximum absolute atomic E-state index is 11.7. The van der Waals surface area contributed by atoms with E-state index in [0.29, 0.717) is 24.4 Å². The van der Waals surface area contributed by atoms with Crippen molar-refractivity contribution < 1.29 is 19.4 Å². The summed E-state index contributed by atoms with van der Waals surface area (Å²) in [5.74, 6) is 2.58. The Morgan fingerprint density at radius 2 is 2.29 bits per heavy atom. The largest absolute Gasteiger partial charge is 0.483 e. The summed E-state index contributed by atoms with van der Waals surface area (Å²) in [5.41, 5.74) is -0.0795. The van der Waals surface area contributed by atoms with Crippen molar-refractivity contribution in [2.24, 2.45) is 11.8 Å². The second-order valence-corrected chi connectivity index (χ2v) is 7.45. The molecule has 3 aliphatic heterocycles. The third-order valence-corrected chi connectivity index (χ3v) is 5.92. The van der Waals surface area contributed by atoms with Gasteiger partial charge in [0.25, 0.3) is 6.47 Å². The third kappa shape index (κ3) is 3.89. The topological polar surface area (TPSA) is 117 Å². The summed E-state index contributed by atoms with van der Waals surface area (Å²) in [6.45, 7) is 7.01. The van der Waals surface area contributed by atoms with E-state index in [-0.39, 0.29) is 18.0 Å². The van der Waals surface area contributed by atoms with Gasteiger partial charge < -0.3 is 25.4 Å². The first-order valence-corrected chi connectivity index (χ1v) is 9.91. The molecule has 0 aliphatic carbocycles. The minimum Gasteiger partial charge on any atom is -0.483 e. The number of carbonyl (C=O) groups is 2. The Balaban J connectivity index is 0.000000706. The highest BCUT2D eigenvalue weighted by molar-refractivity contribution is 5.75. The molecular weight excluding hydrogens is 362 g/mol. The van der Waals surface area contributed by atoms with Gasteiger partial charge in [0.1, 0.15) is 5.82 Å². The van der Waals surface area contributed by atoms with Crippen LogP contribution in [0, 0.1) is 11.8 Å². The summed E-state index contributed by atoms with van der Waals surface area (Å²) >= 11 is 0. The average molecular weight is 391 g/mol. The molecule has 4 rings (SSSR count). The van der Waals surface area contributed by atoms with Gasteiger partial charge in [-0.25, -0.2) is 4.98 Å². The van der Waals surface area contributed by atoms with Gasteiger partial charge in [-0.1, -0.05) is 6.92 Å². The maximum atomic E-state index is 11.7. The van der Waals surface area contributed by atoms with Gasteiger partial charge in [0.2, 0.25) is 11.9 Å². The number of carbonyl (C=O) groups excluding carboxylic acids is 1. The molecule has 1 spiro atoms. The van der Waals surface area contributed by atoms with Crippen molar-refractivity contribution >= 4 is 24.1 Å². The van der Waals surface area contributed by atoms with E-state index < -0.39 is 0 Å². The van der Waals surface area contributed by atoms with Crippen LogP contribution in [0.15, 0.2) is 12.3 Å². The number of fused-ring (bicyclic) bond motifs is 1. The standard InChI is InChI=1S/C18H27N5O2.CH2O2/c1-3-16(24)21-9-12-13-10-23(11-18(13)7-5-14(12)25-18)17-20-8-6-15(22-17)19-4-2;2-1-3/h6,8,12-14H,3-5,7,9-11H2,1-2H3,(H,21,24)(H,19,20,22);1H,(H,2,3)/t12-,13+,14+,18+;/m0./s1. The van der Waals surface area contributed by atoms with Crippen molar-refractivity contribution in [3.63, 3.8) is 0 Å². The predicted octanol–water partition coefficient (Wildman–Crippen LogP) is 1.12. The molecule has 3 saturated heterocycles. The Kier molecular flexibility index (Phi) is 6.33. The van der Waals surface area contributed by atoms with Crippen LogP contribution in [0.25, 0.3) is 0 Å². The Morgan fingerprint density at radius 3 is 3.00 bits per heavy atom. The highest BCUT2D eigenvalue weighted by Gasteiger charge is 2.63. The lowest BCUT2D eigenvalue weighted by Gasteiger charge is -2.29. The van der Waals surface area contributed by atoms with Crippen molar-refractivity contribution in [1.82, 2.24) is 15.3 Å². The summed E-state index contributed by atoms with van der Waals surface area (Å²) in [4.78, 5) is 31.4. The first-order valence-electron chi connectivity index (χ1n) is 9.91. The molecule has 3 fully saturated rings. The van der Waals surface area contributed by atoms with Gasteiger partial charge in [0.05, 0.1) is 18.2 Å². The van der Waals surface area contributed by atoms with E-state index in [1.807, 2.05) is 19.2 Å². The Bertz CT molecular complexity index is 703. The van der Waals surface area contributed by atoms with Crippen molar-refractivity contribution in [2.45, 2.75) is 44.8 Å². The number of nitrogens with zero attached hydrogens (tertiary/aromatic N) is 3. The summed E-state index contributed by atoms with van der Waals surface area (Å²) < 4.78 is 6.43. The molecule has 154 valence electrons. The molecule has 3 aliphatic rings. The molecule has 1 aromatic heterocycles. The Hall–Kier alpha value is -2.42. The molecule has 2 bridgehead atoms. The summed E-state index contributed by atoms with van der Waals surface area (Å²) in [5, 5.41) is 13.2. The van der Waals surface area contributed by atoms with E-state index in [0.717, 1.165) is 50.8 Å². The van der Waals surface area contributed by atoms with Gasteiger partial charge in [-0.3, -0.25) is 9.59 Å². The summed E-state index contributed by atoms with van der Waals surface area (Å²) in [7, 11) is 0. The molecule has 1 aromatic rings. The lowest BCUT2D eigenvalue weighted by atomic mass is 9.73. The van der Waals surface area contributed by atoms with E-state index >= 15 is 0 Å². The van der Waals surface area contributed by atoms with Crippen molar-refractivity contribution in [2.75, 3.05) is 36.4 Å². The maximum Gasteiger partial charge on any atom is 0.290 e. The zero-order chi connectivity index (χ0) is 20.1. The molecule has 0 unspecified atom stereocenters. The first kappa shape index (κ1) is 20.3. The zero-order valence-electron chi connectivity index (χ0n) is 16.4. The fourth-order valence-corrected chi connectivity index (χ4v) is 4.75. The monoisotopic (exact) mass is 391 g/mol. The normalized spacial score (nSPS) is 29.6. The third-order valence-electron chi connectivity index (χ3n) is 5.92. The molecular formula is C19H29N5O4. The van der Waals surface area contributed by atoms with Crippen LogP contribution in [-0.4, -0.2) is 65.3 Å². The summed E-state index contributed by atoms with van der Waals surface area (Å²) in [6.07, 6.45) is 4.83. The molecule has 3 N–H and O–H groups in total. The lowest BCUT2D eigenvalue weighted by Crippen LogP contribution is -2.41. The molecule has 4 heterocycles. The highest BCUT2D eigenvalue weighted by atomic mass is 16.5. The van der Waals surface area contributed by atoms with Gasteiger partial charge in [-0.2, -0.15) is 4.98 Å². The number of aromatic nitrogens is 2. The fraction of sp³-hybridized carbons (Fsp3) is 0.684. The second-order valence-electron chi connectivity index (χ2n) is 7.45. The molecule has 28 heavy (non-hydrogen) atoms. The minimum atomic E-state index is -0.250. The van der Waals surface area contributed by atoms with E-state index in [4.69, 9.17) is 14.6 Å². The number of amides is 1. The number of nitrogens with one attached hydrogen (secondary N) is 2. The number of hydrogen-bond acceptors (Lipinski definition) is 7.